The molecular formula is C17H16N2O. The summed E-state index contributed by atoms with van der Waals surface area (Å²) >= 11 is 0. The van der Waals surface area contributed by atoms with E-state index in [2.05, 4.69) is 16.4 Å². The van der Waals surface area contributed by atoms with Crippen LogP contribution in [0.25, 0.3) is 23.3 Å². The molecule has 1 aromatic heterocycles. The molecule has 3 nitrogen and oxygen atoms in total. The van der Waals surface area contributed by atoms with E-state index in [1.165, 1.54) is 5.56 Å². The van der Waals surface area contributed by atoms with Crippen molar-refractivity contribution >= 4 is 23.3 Å². The maximum Gasteiger partial charge on any atom is 0.220 e. The van der Waals surface area contributed by atoms with Crippen molar-refractivity contribution in [1.29, 1.82) is 0 Å². The molecule has 100 valence electrons. The van der Waals surface area contributed by atoms with Gasteiger partial charge in [0, 0.05) is 12.6 Å². The van der Waals surface area contributed by atoms with Gasteiger partial charge in [-0.15, -0.1) is 0 Å². The summed E-state index contributed by atoms with van der Waals surface area (Å²) < 4.78 is 5.75. The Morgan fingerprint density at radius 1 is 1.10 bits per heavy atom. The molecule has 3 rings (SSSR count). The Labute approximate surface area is 118 Å². The van der Waals surface area contributed by atoms with E-state index in [0.29, 0.717) is 5.89 Å². The predicted molar refractivity (Wildman–Crippen MR) is 82.1 cm³/mol. The van der Waals surface area contributed by atoms with Gasteiger partial charge in [0.15, 0.2) is 5.58 Å². The monoisotopic (exact) mass is 264 g/mol. The van der Waals surface area contributed by atoms with E-state index in [0.717, 1.165) is 23.2 Å². The van der Waals surface area contributed by atoms with Crippen LogP contribution in [-0.2, 0) is 6.54 Å². The standard InChI is InChI=1S/C17H16N2O/c1-18-12-14-7-9-15-16(11-14)20-17(19-15)10-8-13-5-3-2-4-6-13/h2-11,18H,12H2,1H3/b10-8+. The first kappa shape index (κ1) is 12.6. The van der Waals surface area contributed by atoms with Crippen LogP contribution in [0.15, 0.2) is 52.9 Å². The lowest BCUT2D eigenvalue weighted by Gasteiger charge is -1.97. The van der Waals surface area contributed by atoms with E-state index in [4.69, 9.17) is 4.42 Å². The molecule has 3 heteroatoms. The lowest BCUT2D eigenvalue weighted by Crippen LogP contribution is -2.04. The Bertz CT molecular complexity index is 729. The van der Waals surface area contributed by atoms with Crippen LogP contribution in [0.4, 0.5) is 0 Å². The van der Waals surface area contributed by atoms with E-state index in [1.807, 2.05) is 61.7 Å². The van der Waals surface area contributed by atoms with Crippen molar-refractivity contribution in [3.8, 4) is 0 Å². The number of hydrogen-bond donors (Lipinski definition) is 1. The molecule has 1 N–H and O–H groups in total. The fourth-order valence-electron chi connectivity index (χ4n) is 2.10. The van der Waals surface area contributed by atoms with Crippen LogP contribution in [-0.4, -0.2) is 12.0 Å². The van der Waals surface area contributed by atoms with Crippen molar-refractivity contribution in [2.24, 2.45) is 0 Å². The highest BCUT2D eigenvalue weighted by molar-refractivity contribution is 5.76. The maximum absolute atomic E-state index is 5.75. The van der Waals surface area contributed by atoms with Gasteiger partial charge in [-0.3, -0.25) is 0 Å². The van der Waals surface area contributed by atoms with Gasteiger partial charge >= 0.3 is 0 Å². The molecule has 1 heterocycles. The highest BCUT2D eigenvalue weighted by atomic mass is 16.3. The minimum absolute atomic E-state index is 0.630. The van der Waals surface area contributed by atoms with Crippen LogP contribution in [0.1, 0.15) is 17.0 Å². The Morgan fingerprint density at radius 2 is 1.95 bits per heavy atom. The zero-order valence-corrected chi connectivity index (χ0v) is 11.3. The van der Waals surface area contributed by atoms with Gasteiger partial charge in [0.1, 0.15) is 5.52 Å². The second-order valence-electron chi connectivity index (χ2n) is 4.63. The smallest absolute Gasteiger partial charge is 0.220 e. The van der Waals surface area contributed by atoms with Gasteiger partial charge in [-0.2, -0.15) is 0 Å². The molecule has 0 saturated carbocycles. The first-order valence-corrected chi connectivity index (χ1v) is 6.62. The van der Waals surface area contributed by atoms with Crippen molar-refractivity contribution in [2.75, 3.05) is 7.05 Å². The number of nitrogens with one attached hydrogen (secondary N) is 1. The average molecular weight is 264 g/mol. The minimum atomic E-state index is 0.630. The van der Waals surface area contributed by atoms with Crippen molar-refractivity contribution in [3.63, 3.8) is 0 Å². The molecule has 0 aliphatic rings. The number of rotatable bonds is 4. The summed E-state index contributed by atoms with van der Waals surface area (Å²) in [5.74, 6) is 0.630. The largest absolute Gasteiger partial charge is 0.437 e. The molecule has 0 unspecified atom stereocenters. The van der Waals surface area contributed by atoms with E-state index in [1.54, 1.807) is 0 Å². The minimum Gasteiger partial charge on any atom is -0.437 e. The Hall–Kier alpha value is -2.39. The van der Waals surface area contributed by atoms with Crippen molar-refractivity contribution in [3.05, 3.63) is 65.5 Å². The Kier molecular flexibility index (Phi) is 3.61. The van der Waals surface area contributed by atoms with E-state index in [9.17, 15) is 0 Å². The molecule has 0 aliphatic heterocycles. The van der Waals surface area contributed by atoms with Crippen LogP contribution < -0.4 is 5.32 Å². The highest BCUT2D eigenvalue weighted by Crippen LogP contribution is 2.19. The fraction of sp³-hybridized carbons (Fsp3) is 0.118. The number of hydrogen-bond acceptors (Lipinski definition) is 3. The molecule has 0 bridgehead atoms. The third-order valence-electron chi connectivity index (χ3n) is 3.07. The number of oxazole rings is 1. The summed E-state index contributed by atoms with van der Waals surface area (Å²) in [6.45, 7) is 0.825. The first-order chi connectivity index (χ1) is 9.85. The van der Waals surface area contributed by atoms with E-state index in [-0.39, 0.29) is 0 Å². The maximum atomic E-state index is 5.75. The number of benzene rings is 2. The quantitative estimate of drug-likeness (QED) is 0.780. The van der Waals surface area contributed by atoms with Crippen molar-refractivity contribution in [2.45, 2.75) is 6.54 Å². The molecule has 2 aromatic carbocycles. The molecule has 0 spiro atoms. The van der Waals surface area contributed by atoms with Gasteiger partial charge in [-0.25, -0.2) is 4.98 Å². The molecule has 20 heavy (non-hydrogen) atoms. The third-order valence-corrected chi connectivity index (χ3v) is 3.07. The zero-order valence-electron chi connectivity index (χ0n) is 11.3. The van der Waals surface area contributed by atoms with E-state index < -0.39 is 0 Å². The fourth-order valence-corrected chi connectivity index (χ4v) is 2.10. The second-order valence-corrected chi connectivity index (χ2v) is 4.63. The molecule has 0 atom stereocenters. The lowest BCUT2D eigenvalue weighted by molar-refractivity contribution is 0.589. The van der Waals surface area contributed by atoms with Crippen LogP contribution >= 0.6 is 0 Å². The summed E-state index contributed by atoms with van der Waals surface area (Å²) in [7, 11) is 1.93. The molecule has 3 aromatic rings. The topological polar surface area (TPSA) is 38.1 Å². The zero-order chi connectivity index (χ0) is 13.8. The highest BCUT2D eigenvalue weighted by Gasteiger charge is 2.03. The van der Waals surface area contributed by atoms with Gasteiger partial charge < -0.3 is 9.73 Å². The molecule has 0 fully saturated rings. The summed E-state index contributed by atoms with van der Waals surface area (Å²) in [5, 5.41) is 3.13. The summed E-state index contributed by atoms with van der Waals surface area (Å²) in [4.78, 5) is 4.46. The van der Waals surface area contributed by atoms with Gasteiger partial charge in [0.05, 0.1) is 0 Å². The number of fused-ring (bicyclic) bond motifs is 1. The van der Waals surface area contributed by atoms with Gasteiger partial charge in [-0.1, -0.05) is 36.4 Å². The molecule has 0 radical (unpaired) electrons. The molecule has 0 saturated heterocycles. The van der Waals surface area contributed by atoms with Crippen LogP contribution in [0.2, 0.25) is 0 Å². The van der Waals surface area contributed by atoms with E-state index >= 15 is 0 Å². The number of nitrogens with zero attached hydrogens (tertiary/aromatic N) is 1. The van der Waals surface area contributed by atoms with Crippen LogP contribution in [0.5, 0.6) is 0 Å². The Morgan fingerprint density at radius 3 is 2.75 bits per heavy atom. The lowest BCUT2D eigenvalue weighted by atomic mass is 10.2. The molecule has 0 aliphatic carbocycles. The third kappa shape index (κ3) is 2.78. The first-order valence-electron chi connectivity index (χ1n) is 6.62. The summed E-state index contributed by atoms with van der Waals surface area (Å²) in [6, 6.07) is 16.2. The normalized spacial score (nSPS) is 11.4. The summed E-state index contributed by atoms with van der Waals surface area (Å²) in [6.07, 6.45) is 3.90. The number of aromatic nitrogens is 1. The van der Waals surface area contributed by atoms with Crippen molar-refractivity contribution in [1.82, 2.24) is 10.3 Å². The average Bonchev–Trinajstić information content (AvgIpc) is 2.89. The Balaban J connectivity index is 1.87. The summed E-state index contributed by atoms with van der Waals surface area (Å²) in [5.41, 5.74) is 4.03. The SMILES string of the molecule is CNCc1ccc2nc(/C=C/c3ccccc3)oc2c1. The predicted octanol–water partition coefficient (Wildman–Crippen LogP) is 3.72. The van der Waals surface area contributed by atoms with Crippen LogP contribution in [0.3, 0.4) is 0 Å². The van der Waals surface area contributed by atoms with Gasteiger partial charge in [0.2, 0.25) is 5.89 Å². The molecule has 0 amide bonds. The van der Waals surface area contributed by atoms with Crippen molar-refractivity contribution < 1.29 is 4.42 Å². The van der Waals surface area contributed by atoms with Gasteiger partial charge in [-0.05, 0) is 36.4 Å². The van der Waals surface area contributed by atoms with Gasteiger partial charge in [0.25, 0.3) is 0 Å². The van der Waals surface area contributed by atoms with Crippen LogP contribution in [0, 0.1) is 0 Å². The molecular weight excluding hydrogens is 248 g/mol. The second kappa shape index (κ2) is 5.72.